The molecule has 11 heteroatoms. The minimum Gasteiger partial charge on any atom is -0.479 e. The monoisotopic (exact) mass is 494 g/mol. The zero-order valence-electron chi connectivity index (χ0n) is 17.4. The number of nitrogens with one attached hydrogen (secondary N) is 2. The number of amides is 1. The summed E-state index contributed by atoms with van der Waals surface area (Å²) in [5.41, 5.74) is 1.05. The topological polar surface area (TPSA) is 110 Å². The fourth-order valence-corrected chi connectivity index (χ4v) is 4.19. The first-order chi connectivity index (χ1) is 15.0. The van der Waals surface area contributed by atoms with E-state index in [4.69, 9.17) is 27.9 Å². The Morgan fingerprint density at radius 1 is 1.03 bits per heavy atom. The highest BCUT2D eigenvalue weighted by Crippen LogP contribution is 2.28. The van der Waals surface area contributed by atoms with Crippen LogP contribution in [0.3, 0.4) is 0 Å². The summed E-state index contributed by atoms with van der Waals surface area (Å²) in [4.78, 5) is 20.6. The predicted octanol–water partition coefficient (Wildman–Crippen LogP) is 4.61. The van der Waals surface area contributed by atoms with Crippen LogP contribution in [0.25, 0.3) is 0 Å². The number of aryl methyl sites for hydroxylation is 2. The molecular formula is C21H20Cl2N4O4S. The molecule has 0 fully saturated rings. The predicted molar refractivity (Wildman–Crippen MR) is 124 cm³/mol. The Hall–Kier alpha value is -2.88. The zero-order chi connectivity index (χ0) is 23.5. The van der Waals surface area contributed by atoms with E-state index in [0.29, 0.717) is 28.0 Å². The fourth-order valence-electron chi connectivity index (χ4n) is 2.74. The SMILES string of the molecule is Cc1cc(NS(=O)(=O)c2ccc(NC(=O)C(C)Oc3ccc(Cl)cc3Cl)cc2)nc(C)n1. The molecule has 0 aliphatic rings. The molecule has 168 valence electrons. The van der Waals surface area contributed by atoms with Gasteiger partial charge in [0, 0.05) is 22.5 Å². The molecule has 3 rings (SSSR count). The molecule has 0 saturated carbocycles. The molecule has 32 heavy (non-hydrogen) atoms. The van der Waals surface area contributed by atoms with Crippen molar-refractivity contribution >= 4 is 50.6 Å². The molecule has 1 amide bonds. The Morgan fingerprint density at radius 2 is 1.72 bits per heavy atom. The standard InChI is InChI=1S/C21H20Cl2N4O4S/c1-12-10-20(25-14(3)24-12)27-32(29,30)17-7-5-16(6-8-17)26-21(28)13(2)31-19-9-4-15(22)11-18(19)23/h4-11,13H,1-3H3,(H,26,28)(H,24,25,27). The van der Waals surface area contributed by atoms with Crippen LogP contribution in [-0.4, -0.2) is 30.4 Å². The van der Waals surface area contributed by atoms with Crippen LogP contribution in [0.2, 0.25) is 10.0 Å². The summed E-state index contributed by atoms with van der Waals surface area (Å²) in [6.45, 7) is 4.98. The zero-order valence-corrected chi connectivity index (χ0v) is 19.7. The van der Waals surface area contributed by atoms with Crippen molar-refractivity contribution in [2.75, 3.05) is 10.0 Å². The van der Waals surface area contributed by atoms with Crippen LogP contribution in [-0.2, 0) is 14.8 Å². The van der Waals surface area contributed by atoms with Crippen molar-refractivity contribution in [1.29, 1.82) is 0 Å². The van der Waals surface area contributed by atoms with Gasteiger partial charge in [0.1, 0.15) is 17.4 Å². The molecule has 1 aromatic heterocycles. The molecule has 2 N–H and O–H groups in total. The largest absolute Gasteiger partial charge is 0.479 e. The Morgan fingerprint density at radius 3 is 2.34 bits per heavy atom. The minimum atomic E-state index is -3.86. The van der Waals surface area contributed by atoms with Gasteiger partial charge < -0.3 is 10.1 Å². The number of rotatable bonds is 7. The quantitative estimate of drug-likeness (QED) is 0.496. The molecule has 0 radical (unpaired) electrons. The maximum atomic E-state index is 12.6. The third-order valence-corrected chi connectivity index (χ3v) is 6.11. The van der Waals surface area contributed by atoms with Crippen LogP contribution in [0.15, 0.2) is 53.4 Å². The van der Waals surface area contributed by atoms with E-state index in [1.54, 1.807) is 32.9 Å². The van der Waals surface area contributed by atoms with Crippen molar-refractivity contribution in [2.24, 2.45) is 0 Å². The average molecular weight is 495 g/mol. The maximum Gasteiger partial charge on any atom is 0.265 e. The van der Waals surface area contributed by atoms with E-state index in [2.05, 4.69) is 20.0 Å². The number of hydrogen-bond donors (Lipinski definition) is 2. The molecule has 0 saturated heterocycles. The molecule has 0 spiro atoms. The second-order valence-electron chi connectivity index (χ2n) is 6.90. The van der Waals surface area contributed by atoms with Crippen LogP contribution in [0.1, 0.15) is 18.4 Å². The maximum absolute atomic E-state index is 12.6. The highest BCUT2D eigenvalue weighted by atomic mass is 35.5. The Balaban J connectivity index is 1.66. The molecule has 0 aliphatic carbocycles. The van der Waals surface area contributed by atoms with Gasteiger partial charge in [-0.05, 0) is 63.2 Å². The van der Waals surface area contributed by atoms with Gasteiger partial charge in [-0.2, -0.15) is 0 Å². The van der Waals surface area contributed by atoms with Gasteiger partial charge in [-0.15, -0.1) is 0 Å². The molecule has 2 aromatic carbocycles. The third kappa shape index (κ3) is 6.09. The van der Waals surface area contributed by atoms with Crippen molar-refractivity contribution in [3.8, 4) is 5.75 Å². The molecule has 1 atom stereocenters. The lowest BCUT2D eigenvalue weighted by molar-refractivity contribution is -0.122. The number of sulfonamides is 1. The van der Waals surface area contributed by atoms with E-state index in [1.165, 1.54) is 36.4 Å². The molecule has 1 unspecified atom stereocenters. The van der Waals surface area contributed by atoms with Gasteiger partial charge in [-0.1, -0.05) is 23.2 Å². The number of nitrogens with zero attached hydrogens (tertiary/aromatic N) is 2. The molecule has 8 nitrogen and oxygen atoms in total. The highest BCUT2D eigenvalue weighted by molar-refractivity contribution is 7.92. The first-order valence-electron chi connectivity index (χ1n) is 9.41. The fraction of sp³-hybridized carbons (Fsp3) is 0.190. The van der Waals surface area contributed by atoms with Gasteiger partial charge in [0.05, 0.1) is 9.92 Å². The number of ether oxygens (including phenoxy) is 1. The van der Waals surface area contributed by atoms with Crippen molar-refractivity contribution < 1.29 is 17.9 Å². The molecule has 1 heterocycles. The summed E-state index contributed by atoms with van der Waals surface area (Å²) < 4.78 is 33.2. The Bertz CT molecular complexity index is 1230. The number of carbonyl (C=O) groups is 1. The van der Waals surface area contributed by atoms with Crippen LogP contribution < -0.4 is 14.8 Å². The van der Waals surface area contributed by atoms with Crippen LogP contribution >= 0.6 is 23.2 Å². The third-order valence-electron chi connectivity index (χ3n) is 4.20. The molecule has 0 aliphatic heterocycles. The Kier molecular flexibility index (Phi) is 7.22. The van der Waals surface area contributed by atoms with Crippen molar-refractivity contribution in [1.82, 2.24) is 9.97 Å². The van der Waals surface area contributed by atoms with Gasteiger partial charge in [0.2, 0.25) is 0 Å². The normalized spacial score (nSPS) is 12.2. The smallest absolute Gasteiger partial charge is 0.265 e. The van der Waals surface area contributed by atoms with E-state index >= 15 is 0 Å². The van der Waals surface area contributed by atoms with Crippen molar-refractivity contribution in [3.63, 3.8) is 0 Å². The minimum absolute atomic E-state index is 0.0154. The number of anilines is 2. The highest BCUT2D eigenvalue weighted by Gasteiger charge is 2.18. The van der Waals surface area contributed by atoms with Gasteiger partial charge in [0.15, 0.2) is 6.10 Å². The van der Waals surface area contributed by atoms with Gasteiger partial charge in [-0.3, -0.25) is 9.52 Å². The summed E-state index contributed by atoms with van der Waals surface area (Å²) >= 11 is 11.9. The summed E-state index contributed by atoms with van der Waals surface area (Å²) in [5.74, 6) is 0.523. The second-order valence-corrected chi connectivity index (χ2v) is 9.42. The van der Waals surface area contributed by atoms with Crippen molar-refractivity contribution in [2.45, 2.75) is 31.8 Å². The lowest BCUT2D eigenvalue weighted by Gasteiger charge is -2.16. The lowest BCUT2D eigenvalue weighted by atomic mass is 10.3. The molecule has 0 bridgehead atoms. The van der Waals surface area contributed by atoms with Gasteiger partial charge >= 0.3 is 0 Å². The van der Waals surface area contributed by atoms with E-state index in [-0.39, 0.29) is 15.7 Å². The Labute approximate surface area is 196 Å². The summed E-state index contributed by atoms with van der Waals surface area (Å²) in [7, 11) is -3.86. The van der Waals surface area contributed by atoms with Gasteiger partial charge in [0.25, 0.3) is 15.9 Å². The number of aromatic nitrogens is 2. The number of hydrogen-bond acceptors (Lipinski definition) is 6. The van der Waals surface area contributed by atoms with Crippen LogP contribution in [0.5, 0.6) is 5.75 Å². The summed E-state index contributed by atoms with van der Waals surface area (Å²) in [6, 6.07) is 11.9. The summed E-state index contributed by atoms with van der Waals surface area (Å²) in [6.07, 6.45) is -0.858. The van der Waals surface area contributed by atoms with E-state index in [1.807, 2.05) is 0 Å². The van der Waals surface area contributed by atoms with Crippen LogP contribution in [0, 0.1) is 13.8 Å². The second kappa shape index (κ2) is 9.72. The van der Waals surface area contributed by atoms with Crippen LogP contribution in [0.4, 0.5) is 11.5 Å². The first kappa shape index (κ1) is 23.8. The number of carbonyl (C=O) groups excluding carboxylic acids is 1. The van der Waals surface area contributed by atoms with E-state index in [9.17, 15) is 13.2 Å². The van der Waals surface area contributed by atoms with E-state index in [0.717, 1.165) is 0 Å². The van der Waals surface area contributed by atoms with Crippen molar-refractivity contribution in [3.05, 3.63) is 70.1 Å². The van der Waals surface area contributed by atoms with Gasteiger partial charge in [-0.25, -0.2) is 18.4 Å². The number of halogens is 2. The molecular weight excluding hydrogens is 475 g/mol. The molecule has 3 aromatic rings. The lowest BCUT2D eigenvalue weighted by Crippen LogP contribution is -2.30. The number of benzene rings is 2. The average Bonchev–Trinajstić information content (AvgIpc) is 2.69. The first-order valence-corrected chi connectivity index (χ1v) is 11.6. The van der Waals surface area contributed by atoms with E-state index < -0.39 is 22.0 Å². The summed E-state index contributed by atoms with van der Waals surface area (Å²) in [5, 5.41) is 3.41.